The zero-order valence-corrected chi connectivity index (χ0v) is 10.6. The van der Waals surface area contributed by atoms with Crippen LogP contribution in [-0.2, 0) is 4.79 Å². The second-order valence-electron chi connectivity index (χ2n) is 4.84. The van der Waals surface area contributed by atoms with Gasteiger partial charge in [0.15, 0.2) is 0 Å². The Bertz CT molecular complexity index is 429. The van der Waals surface area contributed by atoms with E-state index in [1.54, 1.807) is 20.8 Å². The minimum atomic E-state index is -0.832. The normalized spacial score (nSPS) is 13.3. The first-order chi connectivity index (χ1) is 7.79. The van der Waals surface area contributed by atoms with E-state index in [-0.39, 0.29) is 10.6 Å². The largest absolute Gasteiger partial charge is 0.351 e. The minimum absolute atomic E-state index is 0.164. The highest BCUT2D eigenvalue weighted by molar-refractivity contribution is 6.30. The quantitative estimate of drug-likeness (QED) is 0.655. The van der Waals surface area contributed by atoms with Gasteiger partial charge in [-0.05, 0) is 17.5 Å². The Morgan fingerprint density at radius 3 is 2.41 bits per heavy atom. The minimum Gasteiger partial charge on any atom is -0.351 e. The Morgan fingerprint density at radius 2 is 1.94 bits per heavy atom. The molecule has 1 aromatic rings. The smallest absolute Gasteiger partial charge is 0.207 e. The van der Waals surface area contributed by atoms with E-state index in [2.05, 4.69) is 5.32 Å². The summed E-state index contributed by atoms with van der Waals surface area (Å²) in [4.78, 5) is 10.6. The van der Waals surface area contributed by atoms with Crippen LogP contribution >= 0.6 is 11.6 Å². The van der Waals surface area contributed by atoms with Gasteiger partial charge in [0.05, 0.1) is 11.1 Å². The molecule has 1 N–H and O–H groups in total. The predicted molar refractivity (Wildman–Crippen MR) is 62.8 cm³/mol. The third kappa shape index (κ3) is 2.94. The lowest BCUT2D eigenvalue weighted by molar-refractivity contribution is -0.110. The van der Waals surface area contributed by atoms with E-state index in [1.165, 1.54) is 0 Å². The molecule has 0 saturated heterocycles. The molecule has 0 aliphatic heterocycles. The molecule has 0 radical (unpaired) electrons. The Kier molecular flexibility index (Phi) is 4.09. The fourth-order valence-electron chi connectivity index (χ4n) is 1.64. The fourth-order valence-corrected chi connectivity index (χ4v) is 1.81. The zero-order chi connectivity index (χ0) is 13.2. The molecule has 0 aromatic heterocycles. The summed E-state index contributed by atoms with van der Waals surface area (Å²) in [7, 11) is 0. The SMILES string of the molecule is CC(C)(C)C(NC=O)c1c(F)ccc(Cl)c1F. The third-order valence-electron chi connectivity index (χ3n) is 2.47. The van der Waals surface area contributed by atoms with Gasteiger partial charge in [-0.3, -0.25) is 4.79 Å². The molecule has 0 saturated carbocycles. The molecule has 2 nitrogen and oxygen atoms in total. The van der Waals surface area contributed by atoms with Gasteiger partial charge in [0.1, 0.15) is 11.6 Å². The van der Waals surface area contributed by atoms with Gasteiger partial charge in [-0.2, -0.15) is 0 Å². The lowest BCUT2D eigenvalue weighted by Crippen LogP contribution is -2.33. The van der Waals surface area contributed by atoms with Crippen LogP contribution < -0.4 is 5.32 Å². The predicted octanol–water partition coefficient (Wildman–Crippen LogP) is 3.45. The first kappa shape index (κ1) is 13.9. The highest BCUT2D eigenvalue weighted by Crippen LogP contribution is 2.36. The molecular weight excluding hydrogens is 248 g/mol. The lowest BCUT2D eigenvalue weighted by atomic mass is 9.82. The van der Waals surface area contributed by atoms with E-state index in [9.17, 15) is 13.6 Å². The monoisotopic (exact) mass is 261 g/mol. The summed E-state index contributed by atoms with van der Waals surface area (Å²) in [5.41, 5.74) is -0.745. The van der Waals surface area contributed by atoms with Gasteiger partial charge in [0, 0.05) is 5.56 Å². The van der Waals surface area contributed by atoms with Crippen LogP contribution in [0.15, 0.2) is 12.1 Å². The van der Waals surface area contributed by atoms with E-state index < -0.39 is 23.1 Å². The maximum Gasteiger partial charge on any atom is 0.207 e. The van der Waals surface area contributed by atoms with Gasteiger partial charge in [0.25, 0.3) is 0 Å². The van der Waals surface area contributed by atoms with Crippen LogP contribution in [0.1, 0.15) is 32.4 Å². The average molecular weight is 262 g/mol. The summed E-state index contributed by atoms with van der Waals surface area (Å²) in [5, 5.41) is 2.26. The first-order valence-electron chi connectivity index (χ1n) is 5.12. The summed E-state index contributed by atoms with van der Waals surface area (Å²) < 4.78 is 27.5. The summed E-state index contributed by atoms with van der Waals surface area (Å²) in [6, 6.07) is 1.46. The molecule has 1 rings (SSSR count). The van der Waals surface area contributed by atoms with E-state index in [4.69, 9.17) is 11.6 Å². The molecule has 0 spiro atoms. The maximum atomic E-state index is 13.8. The van der Waals surface area contributed by atoms with Gasteiger partial charge in [-0.1, -0.05) is 32.4 Å². The number of halogens is 3. The van der Waals surface area contributed by atoms with Crippen LogP contribution in [0.3, 0.4) is 0 Å². The Labute approximate surface area is 104 Å². The van der Waals surface area contributed by atoms with Crippen molar-refractivity contribution in [3.05, 3.63) is 34.4 Å². The second-order valence-corrected chi connectivity index (χ2v) is 5.25. The fraction of sp³-hybridized carbons (Fsp3) is 0.417. The number of benzene rings is 1. The number of amides is 1. The molecule has 0 aliphatic carbocycles. The van der Waals surface area contributed by atoms with Crippen molar-refractivity contribution < 1.29 is 13.6 Å². The van der Waals surface area contributed by atoms with Crippen LogP contribution in [0.4, 0.5) is 8.78 Å². The molecule has 1 amide bonds. The van der Waals surface area contributed by atoms with Gasteiger partial charge < -0.3 is 5.32 Å². The second kappa shape index (κ2) is 5.00. The molecular formula is C12H14ClF2NO. The molecule has 0 bridgehead atoms. The average Bonchev–Trinajstić information content (AvgIpc) is 2.21. The summed E-state index contributed by atoms with van der Waals surface area (Å²) in [6.07, 6.45) is 0.426. The summed E-state index contributed by atoms with van der Waals surface area (Å²) in [6.45, 7) is 5.32. The Morgan fingerprint density at radius 1 is 1.35 bits per heavy atom. The van der Waals surface area contributed by atoms with Crippen molar-refractivity contribution in [2.75, 3.05) is 0 Å². The van der Waals surface area contributed by atoms with Gasteiger partial charge in [-0.15, -0.1) is 0 Å². The van der Waals surface area contributed by atoms with Gasteiger partial charge in [0.2, 0.25) is 6.41 Å². The third-order valence-corrected chi connectivity index (χ3v) is 2.76. The Hall–Kier alpha value is -1.16. The Balaban J connectivity index is 3.37. The standard InChI is InChI=1S/C12H14ClF2NO/c1-12(2,3)11(16-6-17)9-8(14)5-4-7(13)10(9)15/h4-6,11H,1-3H3,(H,16,17). The van der Waals surface area contributed by atoms with Crippen LogP contribution in [0.2, 0.25) is 5.02 Å². The van der Waals surface area contributed by atoms with Crippen molar-refractivity contribution in [1.82, 2.24) is 5.32 Å². The highest BCUT2D eigenvalue weighted by atomic mass is 35.5. The summed E-state index contributed by atoms with van der Waals surface area (Å²) >= 11 is 5.62. The van der Waals surface area contributed by atoms with Crippen LogP contribution in [-0.4, -0.2) is 6.41 Å². The molecule has 1 atom stereocenters. The number of hydrogen-bond acceptors (Lipinski definition) is 1. The van der Waals surface area contributed by atoms with Crippen molar-refractivity contribution in [3.63, 3.8) is 0 Å². The van der Waals surface area contributed by atoms with Gasteiger partial charge in [-0.25, -0.2) is 8.78 Å². The van der Waals surface area contributed by atoms with E-state index in [0.717, 1.165) is 12.1 Å². The van der Waals surface area contributed by atoms with E-state index >= 15 is 0 Å². The molecule has 0 heterocycles. The number of carbonyl (C=O) groups excluding carboxylic acids is 1. The van der Waals surface area contributed by atoms with Crippen molar-refractivity contribution in [2.45, 2.75) is 26.8 Å². The van der Waals surface area contributed by atoms with E-state index in [0.29, 0.717) is 6.41 Å². The summed E-state index contributed by atoms with van der Waals surface area (Å²) in [5.74, 6) is -1.55. The van der Waals surface area contributed by atoms with Crippen LogP contribution in [0.25, 0.3) is 0 Å². The molecule has 5 heteroatoms. The molecule has 1 aromatic carbocycles. The molecule has 0 aliphatic rings. The number of rotatable bonds is 3. The topological polar surface area (TPSA) is 29.1 Å². The van der Waals surface area contributed by atoms with Crippen molar-refractivity contribution in [1.29, 1.82) is 0 Å². The molecule has 0 fully saturated rings. The number of carbonyl (C=O) groups is 1. The molecule has 17 heavy (non-hydrogen) atoms. The van der Waals surface area contributed by atoms with Crippen LogP contribution in [0, 0.1) is 17.0 Å². The highest BCUT2D eigenvalue weighted by Gasteiger charge is 2.31. The van der Waals surface area contributed by atoms with Crippen LogP contribution in [0.5, 0.6) is 0 Å². The van der Waals surface area contributed by atoms with Gasteiger partial charge >= 0.3 is 0 Å². The number of hydrogen-bond donors (Lipinski definition) is 1. The lowest BCUT2D eigenvalue weighted by Gasteiger charge is -2.31. The zero-order valence-electron chi connectivity index (χ0n) is 9.85. The van der Waals surface area contributed by atoms with E-state index in [1.807, 2.05) is 0 Å². The van der Waals surface area contributed by atoms with Crippen molar-refractivity contribution in [3.8, 4) is 0 Å². The molecule has 1 unspecified atom stereocenters. The van der Waals surface area contributed by atoms with Crippen molar-refractivity contribution >= 4 is 18.0 Å². The molecule has 94 valence electrons. The maximum absolute atomic E-state index is 13.8. The first-order valence-corrected chi connectivity index (χ1v) is 5.50. The number of nitrogens with one attached hydrogen (secondary N) is 1. The van der Waals surface area contributed by atoms with Crippen molar-refractivity contribution in [2.24, 2.45) is 5.41 Å².